The monoisotopic (exact) mass is 175 g/mol. The largest absolute Gasteiger partial charge is 0.395 e. The van der Waals surface area contributed by atoms with E-state index in [0.29, 0.717) is 4.75 Å². The Kier molecular flexibility index (Phi) is 3.69. The zero-order valence-electron chi connectivity index (χ0n) is 7.10. The zero-order chi connectivity index (χ0) is 8.16. The lowest BCUT2D eigenvalue weighted by atomic mass is 10.1. The highest BCUT2D eigenvalue weighted by Crippen LogP contribution is 2.36. The highest BCUT2D eigenvalue weighted by molar-refractivity contribution is 8.00. The summed E-state index contributed by atoms with van der Waals surface area (Å²) in [6.07, 6.45) is 2.66. The second-order valence-corrected chi connectivity index (χ2v) is 4.98. The minimum atomic E-state index is 0.251. The van der Waals surface area contributed by atoms with Gasteiger partial charge in [-0.2, -0.15) is 11.8 Å². The lowest BCUT2D eigenvalue weighted by Crippen LogP contribution is -2.34. The predicted molar refractivity (Wildman–Crippen MR) is 50.1 cm³/mol. The van der Waals surface area contributed by atoms with Crippen LogP contribution in [0.3, 0.4) is 0 Å². The Labute approximate surface area is 72.8 Å². The van der Waals surface area contributed by atoms with Gasteiger partial charge in [-0.25, -0.2) is 0 Å². The van der Waals surface area contributed by atoms with Gasteiger partial charge >= 0.3 is 0 Å². The van der Waals surface area contributed by atoms with Crippen LogP contribution >= 0.6 is 11.8 Å². The summed E-state index contributed by atoms with van der Waals surface area (Å²) in [6, 6.07) is 0. The van der Waals surface area contributed by atoms with Crippen LogP contribution in [0.4, 0.5) is 0 Å². The lowest BCUT2D eigenvalue weighted by Gasteiger charge is -2.22. The van der Waals surface area contributed by atoms with Gasteiger partial charge in [0.1, 0.15) is 0 Å². The number of thioether (sulfide) groups is 1. The molecule has 2 nitrogen and oxygen atoms in total. The van der Waals surface area contributed by atoms with Crippen molar-refractivity contribution in [2.45, 2.75) is 24.5 Å². The van der Waals surface area contributed by atoms with E-state index < -0.39 is 0 Å². The van der Waals surface area contributed by atoms with Gasteiger partial charge in [0, 0.05) is 17.8 Å². The molecule has 1 rings (SSSR count). The highest BCUT2D eigenvalue weighted by Gasteiger charge is 2.28. The molecule has 1 aliphatic rings. The summed E-state index contributed by atoms with van der Waals surface area (Å²) in [6.45, 7) is 4.32. The molecule has 0 bridgehead atoms. The first-order valence-corrected chi connectivity index (χ1v) is 5.21. The van der Waals surface area contributed by atoms with E-state index in [1.807, 2.05) is 0 Å². The minimum absolute atomic E-state index is 0.251. The molecule has 0 saturated carbocycles. The van der Waals surface area contributed by atoms with Crippen LogP contribution in [-0.4, -0.2) is 35.3 Å². The second kappa shape index (κ2) is 4.33. The van der Waals surface area contributed by atoms with Crippen LogP contribution in [0, 0.1) is 0 Å². The van der Waals surface area contributed by atoms with Crippen molar-refractivity contribution in [1.29, 1.82) is 0 Å². The molecule has 2 N–H and O–H groups in total. The highest BCUT2D eigenvalue weighted by atomic mass is 32.2. The van der Waals surface area contributed by atoms with Crippen LogP contribution in [0.25, 0.3) is 0 Å². The molecular weight excluding hydrogens is 158 g/mol. The third-order valence-corrected chi connectivity index (χ3v) is 3.63. The molecule has 0 radical (unpaired) electrons. The summed E-state index contributed by atoms with van der Waals surface area (Å²) < 4.78 is 0.440. The van der Waals surface area contributed by atoms with Crippen molar-refractivity contribution in [3.05, 3.63) is 0 Å². The summed E-state index contributed by atoms with van der Waals surface area (Å²) >= 11 is 2.05. The van der Waals surface area contributed by atoms with Crippen molar-refractivity contribution in [2.24, 2.45) is 0 Å². The Morgan fingerprint density at radius 1 is 1.64 bits per heavy atom. The topological polar surface area (TPSA) is 32.3 Å². The molecule has 0 aromatic carbocycles. The lowest BCUT2D eigenvalue weighted by molar-refractivity contribution is 0.290. The Balaban J connectivity index is 2.13. The molecule has 0 aliphatic carbocycles. The van der Waals surface area contributed by atoms with Crippen LogP contribution < -0.4 is 5.32 Å². The van der Waals surface area contributed by atoms with E-state index in [9.17, 15) is 0 Å². The first-order chi connectivity index (χ1) is 5.27. The maximum absolute atomic E-state index is 8.55. The number of rotatable bonds is 4. The van der Waals surface area contributed by atoms with Crippen LogP contribution in [0.5, 0.6) is 0 Å². The standard InChI is InChI=1S/C8H17NOS/c1-8(3-2-6-11-8)7-9-4-5-10/h9-10H,2-7H2,1H3. The van der Waals surface area contributed by atoms with Gasteiger partial charge in [0.2, 0.25) is 0 Å². The molecule has 0 amide bonds. The Bertz CT molecular complexity index is 113. The summed E-state index contributed by atoms with van der Waals surface area (Å²) in [7, 11) is 0. The summed E-state index contributed by atoms with van der Waals surface area (Å²) in [5.74, 6) is 1.30. The average Bonchev–Trinajstić information content (AvgIpc) is 2.38. The molecule has 0 spiro atoms. The van der Waals surface area contributed by atoms with E-state index in [1.165, 1.54) is 18.6 Å². The molecule has 11 heavy (non-hydrogen) atoms. The third kappa shape index (κ3) is 3.01. The van der Waals surface area contributed by atoms with Crippen LogP contribution in [0.2, 0.25) is 0 Å². The SMILES string of the molecule is CC1(CNCCO)CCCS1. The number of hydrogen-bond donors (Lipinski definition) is 2. The summed E-state index contributed by atoms with van der Waals surface area (Å²) in [5, 5.41) is 11.8. The van der Waals surface area contributed by atoms with Gasteiger partial charge in [0.05, 0.1) is 6.61 Å². The number of nitrogens with one attached hydrogen (secondary N) is 1. The molecule has 0 aromatic rings. The average molecular weight is 175 g/mol. The molecule has 0 aromatic heterocycles. The van der Waals surface area contributed by atoms with Crippen LogP contribution in [-0.2, 0) is 0 Å². The fourth-order valence-electron chi connectivity index (χ4n) is 1.41. The van der Waals surface area contributed by atoms with Crippen LogP contribution in [0.15, 0.2) is 0 Å². The predicted octanol–water partition coefficient (Wildman–Crippen LogP) is 0.854. The van der Waals surface area contributed by atoms with Gasteiger partial charge in [-0.15, -0.1) is 0 Å². The van der Waals surface area contributed by atoms with Crippen molar-refractivity contribution >= 4 is 11.8 Å². The normalized spacial score (nSPS) is 31.1. The van der Waals surface area contributed by atoms with Gasteiger partial charge in [0.15, 0.2) is 0 Å². The molecule has 66 valence electrons. The van der Waals surface area contributed by atoms with Gasteiger partial charge < -0.3 is 10.4 Å². The fourth-order valence-corrected chi connectivity index (χ4v) is 2.68. The van der Waals surface area contributed by atoms with Crippen molar-refractivity contribution in [3.8, 4) is 0 Å². The second-order valence-electron chi connectivity index (χ2n) is 3.30. The van der Waals surface area contributed by atoms with Gasteiger partial charge in [-0.3, -0.25) is 0 Å². The first-order valence-electron chi connectivity index (χ1n) is 4.22. The van der Waals surface area contributed by atoms with Crippen molar-refractivity contribution < 1.29 is 5.11 Å². The van der Waals surface area contributed by atoms with Gasteiger partial charge in [-0.1, -0.05) is 0 Å². The summed E-state index contributed by atoms with van der Waals surface area (Å²) in [4.78, 5) is 0. The molecular formula is C8H17NOS. The van der Waals surface area contributed by atoms with E-state index >= 15 is 0 Å². The number of aliphatic hydroxyl groups is 1. The van der Waals surface area contributed by atoms with E-state index in [-0.39, 0.29) is 6.61 Å². The van der Waals surface area contributed by atoms with Crippen molar-refractivity contribution in [3.63, 3.8) is 0 Å². The molecule has 1 atom stereocenters. The zero-order valence-corrected chi connectivity index (χ0v) is 7.91. The minimum Gasteiger partial charge on any atom is -0.395 e. The molecule has 1 fully saturated rings. The Morgan fingerprint density at radius 2 is 2.45 bits per heavy atom. The van der Waals surface area contributed by atoms with E-state index in [2.05, 4.69) is 24.0 Å². The molecule has 1 saturated heterocycles. The van der Waals surface area contributed by atoms with E-state index in [1.54, 1.807) is 0 Å². The van der Waals surface area contributed by atoms with E-state index in [4.69, 9.17) is 5.11 Å². The fraction of sp³-hybridized carbons (Fsp3) is 1.00. The Hall–Kier alpha value is 0.270. The molecule has 1 aliphatic heterocycles. The Morgan fingerprint density at radius 3 is 3.00 bits per heavy atom. The molecule has 1 unspecified atom stereocenters. The molecule has 1 heterocycles. The smallest absolute Gasteiger partial charge is 0.0555 e. The number of aliphatic hydroxyl groups excluding tert-OH is 1. The molecule has 3 heteroatoms. The maximum atomic E-state index is 8.55. The number of hydrogen-bond acceptors (Lipinski definition) is 3. The van der Waals surface area contributed by atoms with Crippen LogP contribution in [0.1, 0.15) is 19.8 Å². The van der Waals surface area contributed by atoms with Gasteiger partial charge in [0.25, 0.3) is 0 Å². The van der Waals surface area contributed by atoms with Crippen molar-refractivity contribution in [2.75, 3.05) is 25.4 Å². The van der Waals surface area contributed by atoms with E-state index in [0.717, 1.165) is 13.1 Å². The maximum Gasteiger partial charge on any atom is 0.0555 e. The van der Waals surface area contributed by atoms with Gasteiger partial charge in [-0.05, 0) is 25.5 Å². The van der Waals surface area contributed by atoms with Crippen molar-refractivity contribution in [1.82, 2.24) is 5.32 Å². The quantitative estimate of drug-likeness (QED) is 0.621. The summed E-state index contributed by atoms with van der Waals surface area (Å²) in [5.41, 5.74) is 0. The third-order valence-electron chi connectivity index (χ3n) is 2.09. The first kappa shape index (κ1) is 9.36.